The molecular weight excluding hydrogens is 304 g/mol. The van der Waals surface area contributed by atoms with Crippen molar-refractivity contribution in [1.29, 1.82) is 0 Å². The van der Waals surface area contributed by atoms with Gasteiger partial charge in [0.25, 0.3) is 0 Å². The Bertz CT molecular complexity index is 559. The molecule has 0 saturated carbocycles. The topological polar surface area (TPSA) is 69.6 Å². The smallest absolute Gasteiger partial charge is 0.317 e. The minimum absolute atomic E-state index is 0.0563. The van der Waals surface area contributed by atoms with Crippen LogP contribution < -0.4 is 5.32 Å². The summed E-state index contributed by atoms with van der Waals surface area (Å²) in [5.41, 5.74) is 1.08. The second kappa shape index (κ2) is 8.18. The number of rotatable bonds is 5. The zero-order valence-electron chi connectivity index (χ0n) is 14.7. The van der Waals surface area contributed by atoms with E-state index in [1.807, 2.05) is 37.3 Å². The first kappa shape index (κ1) is 18.3. The number of urea groups is 1. The van der Waals surface area contributed by atoms with Gasteiger partial charge in [-0.1, -0.05) is 51.1 Å². The van der Waals surface area contributed by atoms with Crippen LogP contribution in [0.1, 0.15) is 45.2 Å². The van der Waals surface area contributed by atoms with Crippen LogP contribution in [0, 0.1) is 17.8 Å². The first-order valence-corrected chi connectivity index (χ1v) is 8.70. The predicted octanol–water partition coefficient (Wildman–Crippen LogP) is 3.53. The summed E-state index contributed by atoms with van der Waals surface area (Å²) in [4.78, 5) is 25.7. The molecule has 0 bridgehead atoms. The minimum atomic E-state index is -0.818. The number of piperidine rings is 1. The van der Waals surface area contributed by atoms with Crippen LogP contribution in [0.4, 0.5) is 4.79 Å². The second-order valence-corrected chi connectivity index (χ2v) is 7.32. The third-order valence-electron chi connectivity index (χ3n) is 4.50. The van der Waals surface area contributed by atoms with Crippen LogP contribution in [-0.4, -0.2) is 35.1 Å². The van der Waals surface area contributed by atoms with Crippen LogP contribution >= 0.6 is 0 Å². The summed E-state index contributed by atoms with van der Waals surface area (Å²) in [5, 5.41) is 12.4. The van der Waals surface area contributed by atoms with Gasteiger partial charge < -0.3 is 15.3 Å². The fourth-order valence-electron chi connectivity index (χ4n) is 3.37. The highest BCUT2D eigenvalue weighted by molar-refractivity contribution is 5.77. The molecule has 24 heavy (non-hydrogen) atoms. The molecule has 5 nitrogen and oxygen atoms in total. The van der Waals surface area contributed by atoms with Crippen molar-refractivity contribution < 1.29 is 14.7 Å². The number of carboxylic acids is 1. The van der Waals surface area contributed by atoms with Crippen LogP contribution in [0.2, 0.25) is 0 Å². The van der Waals surface area contributed by atoms with Gasteiger partial charge in [-0.2, -0.15) is 0 Å². The fourth-order valence-corrected chi connectivity index (χ4v) is 3.37. The summed E-state index contributed by atoms with van der Waals surface area (Å²) < 4.78 is 0. The Hall–Kier alpha value is -2.04. The van der Waals surface area contributed by atoms with Gasteiger partial charge in [-0.25, -0.2) is 4.79 Å². The van der Waals surface area contributed by atoms with Crippen LogP contribution in [-0.2, 0) is 4.79 Å². The van der Waals surface area contributed by atoms with Gasteiger partial charge in [0, 0.05) is 13.1 Å². The maximum atomic E-state index is 12.7. The zero-order valence-corrected chi connectivity index (χ0v) is 14.7. The van der Waals surface area contributed by atoms with E-state index in [0.717, 1.165) is 12.0 Å². The predicted molar refractivity (Wildman–Crippen MR) is 93.6 cm³/mol. The molecule has 2 rings (SSSR count). The lowest BCUT2D eigenvalue weighted by Gasteiger charge is -2.36. The first-order chi connectivity index (χ1) is 11.4. The van der Waals surface area contributed by atoms with Crippen LogP contribution in [0.3, 0.4) is 0 Å². The first-order valence-electron chi connectivity index (χ1n) is 8.70. The van der Waals surface area contributed by atoms with E-state index in [0.29, 0.717) is 18.9 Å². The summed E-state index contributed by atoms with van der Waals surface area (Å²) in [6.07, 6.45) is 1.48. The third kappa shape index (κ3) is 4.98. The summed E-state index contributed by atoms with van der Waals surface area (Å²) in [6, 6.07) is 9.72. The number of carbonyl (C=O) groups is 2. The van der Waals surface area contributed by atoms with Crippen LogP contribution in [0.5, 0.6) is 0 Å². The van der Waals surface area contributed by atoms with Crippen molar-refractivity contribution in [2.24, 2.45) is 17.8 Å². The van der Waals surface area contributed by atoms with Crippen molar-refractivity contribution in [2.75, 3.05) is 13.1 Å². The number of likely N-dealkylation sites (tertiary alicyclic amines) is 1. The van der Waals surface area contributed by atoms with E-state index in [1.54, 1.807) is 4.90 Å². The Morgan fingerprint density at radius 1 is 1.25 bits per heavy atom. The Labute approximate surface area is 144 Å². The lowest BCUT2D eigenvalue weighted by Crippen LogP contribution is -2.50. The van der Waals surface area contributed by atoms with Crippen molar-refractivity contribution in [3.8, 4) is 0 Å². The minimum Gasteiger partial charge on any atom is -0.481 e. The monoisotopic (exact) mass is 332 g/mol. The fraction of sp³-hybridized carbons (Fsp3) is 0.579. The Morgan fingerprint density at radius 3 is 2.50 bits per heavy atom. The van der Waals surface area contributed by atoms with Gasteiger partial charge in [0.05, 0.1) is 12.0 Å². The van der Waals surface area contributed by atoms with Crippen molar-refractivity contribution in [1.82, 2.24) is 10.2 Å². The van der Waals surface area contributed by atoms with E-state index in [9.17, 15) is 14.7 Å². The lowest BCUT2D eigenvalue weighted by molar-refractivity contribution is -0.143. The maximum Gasteiger partial charge on any atom is 0.317 e. The summed E-state index contributed by atoms with van der Waals surface area (Å²) in [6.45, 7) is 7.16. The average molecular weight is 332 g/mol. The van der Waals surface area contributed by atoms with Crippen LogP contribution in [0.25, 0.3) is 0 Å². The number of amides is 2. The molecule has 5 heteroatoms. The SMILES string of the molecule is CC(C)CC(NC(=O)N1CC(C)CC(C(=O)O)C1)c1ccccc1. The highest BCUT2D eigenvalue weighted by Crippen LogP contribution is 2.24. The molecule has 132 valence electrons. The average Bonchev–Trinajstić information content (AvgIpc) is 2.54. The number of nitrogens with zero attached hydrogens (tertiary/aromatic N) is 1. The Kier molecular flexibility index (Phi) is 6.23. The van der Waals surface area contributed by atoms with Gasteiger partial charge in [-0.3, -0.25) is 4.79 Å². The molecule has 1 saturated heterocycles. The van der Waals surface area contributed by atoms with Gasteiger partial charge in [0.1, 0.15) is 0 Å². The van der Waals surface area contributed by atoms with Crippen molar-refractivity contribution >= 4 is 12.0 Å². The molecule has 1 aliphatic rings. The largest absolute Gasteiger partial charge is 0.481 e. The Balaban J connectivity index is 2.08. The molecular formula is C19H28N2O3. The van der Waals surface area contributed by atoms with Crippen molar-refractivity contribution in [3.63, 3.8) is 0 Å². The molecule has 0 radical (unpaired) electrons. The molecule has 0 aromatic heterocycles. The van der Waals surface area contributed by atoms with Gasteiger partial charge >= 0.3 is 12.0 Å². The van der Waals surface area contributed by atoms with Gasteiger partial charge in [0.2, 0.25) is 0 Å². The normalized spacial score (nSPS) is 22.2. The van der Waals surface area contributed by atoms with Crippen molar-refractivity contribution in [3.05, 3.63) is 35.9 Å². The summed E-state index contributed by atoms with van der Waals surface area (Å²) in [7, 11) is 0. The van der Waals surface area contributed by atoms with Crippen molar-refractivity contribution in [2.45, 2.75) is 39.7 Å². The highest BCUT2D eigenvalue weighted by Gasteiger charge is 2.32. The molecule has 1 fully saturated rings. The lowest BCUT2D eigenvalue weighted by atomic mass is 9.90. The van der Waals surface area contributed by atoms with E-state index < -0.39 is 11.9 Å². The second-order valence-electron chi connectivity index (χ2n) is 7.32. The number of hydrogen-bond acceptors (Lipinski definition) is 2. The summed E-state index contributed by atoms with van der Waals surface area (Å²) >= 11 is 0. The van der Waals surface area contributed by atoms with Gasteiger partial charge in [-0.05, 0) is 30.2 Å². The number of benzene rings is 1. The molecule has 3 unspecified atom stereocenters. The van der Waals surface area contributed by atoms with Crippen LogP contribution in [0.15, 0.2) is 30.3 Å². The van der Waals surface area contributed by atoms with E-state index in [-0.39, 0.29) is 24.5 Å². The number of carbonyl (C=O) groups excluding carboxylic acids is 1. The molecule has 1 aromatic carbocycles. The quantitative estimate of drug-likeness (QED) is 0.866. The highest BCUT2D eigenvalue weighted by atomic mass is 16.4. The molecule has 1 heterocycles. The zero-order chi connectivity index (χ0) is 17.7. The molecule has 1 aromatic rings. The summed E-state index contributed by atoms with van der Waals surface area (Å²) in [5.74, 6) is -0.644. The number of nitrogens with one attached hydrogen (secondary N) is 1. The van der Waals surface area contributed by atoms with E-state index >= 15 is 0 Å². The number of carboxylic acid groups (broad SMARTS) is 1. The van der Waals surface area contributed by atoms with E-state index in [4.69, 9.17) is 0 Å². The van der Waals surface area contributed by atoms with Gasteiger partial charge in [-0.15, -0.1) is 0 Å². The van der Waals surface area contributed by atoms with Gasteiger partial charge in [0.15, 0.2) is 0 Å². The van der Waals surface area contributed by atoms with E-state index in [1.165, 1.54) is 0 Å². The Morgan fingerprint density at radius 2 is 1.92 bits per heavy atom. The third-order valence-corrected chi connectivity index (χ3v) is 4.50. The molecule has 2 amide bonds. The molecule has 1 aliphatic heterocycles. The number of aliphatic carboxylic acids is 1. The molecule has 3 atom stereocenters. The number of hydrogen-bond donors (Lipinski definition) is 2. The molecule has 0 spiro atoms. The molecule has 2 N–H and O–H groups in total. The molecule has 0 aliphatic carbocycles. The maximum absolute atomic E-state index is 12.7. The standard InChI is InChI=1S/C19H28N2O3/c1-13(2)9-17(15-7-5-4-6-8-15)20-19(24)21-11-14(3)10-16(12-21)18(22)23/h4-8,13-14,16-17H,9-12H2,1-3H3,(H,20,24)(H,22,23). The van der Waals surface area contributed by atoms with E-state index in [2.05, 4.69) is 19.2 Å².